The summed E-state index contributed by atoms with van der Waals surface area (Å²) >= 11 is 0. The van der Waals surface area contributed by atoms with Crippen LogP contribution in [0.5, 0.6) is 11.6 Å². The number of hydrogen-bond donors (Lipinski definition) is 3. The van der Waals surface area contributed by atoms with Gasteiger partial charge in [-0.1, -0.05) is 36.4 Å². The minimum Gasteiger partial charge on any atom is -0.495 e. The molecule has 4 heterocycles. The maximum absolute atomic E-state index is 13.7. The fourth-order valence-corrected chi connectivity index (χ4v) is 7.74. The molecule has 12 nitrogen and oxygen atoms in total. The molecule has 2 atom stereocenters. The van der Waals surface area contributed by atoms with Crippen molar-refractivity contribution in [1.29, 1.82) is 0 Å². The molecule has 252 valence electrons. The van der Waals surface area contributed by atoms with Crippen LogP contribution in [0.25, 0.3) is 11.0 Å². The minimum absolute atomic E-state index is 0.137. The van der Waals surface area contributed by atoms with Crippen LogP contribution in [-0.2, 0) is 17.9 Å². The number of nitrogens with one attached hydrogen (secondary N) is 1. The first-order valence-corrected chi connectivity index (χ1v) is 17.5. The molecule has 0 spiro atoms. The van der Waals surface area contributed by atoms with Gasteiger partial charge in [0.15, 0.2) is 0 Å². The molecule has 3 aromatic heterocycles. The lowest BCUT2D eigenvalue weighted by molar-refractivity contribution is -0.116. The maximum atomic E-state index is 13.7. The van der Waals surface area contributed by atoms with Crippen LogP contribution in [-0.4, -0.2) is 64.0 Å². The van der Waals surface area contributed by atoms with E-state index in [0.29, 0.717) is 30.9 Å². The molecule has 0 aliphatic carbocycles. The second-order valence-electron chi connectivity index (χ2n) is 12.0. The zero-order chi connectivity index (χ0) is 34.0. The molecular weight excluding hydrogens is 630 g/mol. The van der Waals surface area contributed by atoms with E-state index in [1.807, 2.05) is 50.6 Å². The summed E-state index contributed by atoms with van der Waals surface area (Å²) in [5, 5.41) is 11.8. The summed E-state index contributed by atoms with van der Waals surface area (Å²) < 4.78 is 38.2. The number of amides is 1. The largest absolute Gasteiger partial charge is 0.495 e. The van der Waals surface area contributed by atoms with E-state index in [4.69, 9.17) is 9.47 Å². The lowest BCUT2D eigenvalue weighted by Crippen LogP contribution is -2.34. The van der Waals surface area contributed by atoms with Crippen molar-refractivity contribution in [2.45, 2.75) is 70.5 Å². The first-order valence-electron chi connectivity index (χ1n) is 16.0. The SMILES string of the molecule is CCC1CN(Cc2cc(C(CC(=O)Nc3cncc(OC)c3)c3ccc4c(nnn4CC)c3C)ccc2C)S(O)(O)c2cccnc2O1. The Bertz CT molecular complexity index is 1950. The number of hydrogen-bond acceptors (Lipinski definition) is 10. The van der Waals surface area contributed by atoms with E-state index in [9.17, 15) is 13.9 Å². The lowest BCUT2D eigenvalue weighted by atomic mass is 9.84. The smallest absolute Gasteiger partial charge is 0.239 e. The molecule has 2 unspecified atom stereocenters. The molecular formula is C35H41N7O5S. The molecule has 13 heteroatoms. The van der Waals surface area contributed by atoms with Crippen LogP contribution in [0.3, 0.4) is 0 Å². The molecule has 1 aliphatic heterocycles. The van der Waals surface area contributed by atoms with Gasteiger partial charge in [0.1, 0.15) is 22.3 Å². The van der Waals surface area contributed by atoms with Gasteiger partial charge < -0.3 is 14.8 Å². The van der Waals surface area contributed by atoms with Crippen LogP contribution >= 0.6 is 10.8 Å². The molecule has 0 saturated carbocycles. The van der Waals surface area contributed by atoms with Crippen molar-refractivity contribution < 1.29 is 23.4 Å². The van der Waals surface area contributed by atoms with Crippen LogP contribution in [0.4, 0.5) is 5.69 Å². The van der Waals surface area contributed by atoms with Gasteiger partial charge in [-0.2, -0.15) is 4.31 Å². The highest BCUT2D eigenvalue weighted by molar-refractivity contribution is 8.22. The molecule has 0 saturated heterocycles. The number of fused-ring (bicyclic) bond motifs is 2. The van der Waals surface area contributed by atoms with E-state index in [1.165, 1.54) is 0 Å². The highest BCUT2D eigenvalue weighted by atomic mass is 32.3. The Kier molecular flexibility index (Phi) is 9.65. The van der Waals surface area contributed by atoms with Crippen molar-refractivity contribution >= 4 is 33.4 Å². The topological polar surface area (TPSA) is 148 Å². The molecule has 5 aromatic rings. The fourth-order valence-electron chi connectivity index (χ4n) is 6.17. The highest BCUT2D eigenvalue weighted by Crippen LogP contribution is 2.57. The Morgan fingerprint density at radius 1 is 1.15 bits per heavy atom. The highest BCUT2D eigenvalue weighted by Gasteiger charge is 2.36. The van der Waals surface area contributed by atoms with E-state index >= 15 is 0 Å². The summed E-state index contributed by atoms with van der Waals surface area (Å²) in [4.78, 5) is 22.4. The minimum atomic E-state index is -3.41. The third-order valence-corrected chi connectivity index (χ3v) is 10.8. The number of rotatable bonds is 10. The molecule has 6 rings (SSSR count). The number of methoxy groups -OCH3 is 1. The van der Waals surface area contributed by atoms with Crippen molar-refractivity contribution in [3.63, 3.8) is 0 Å². The van der Waals surface area contributed by atoms with Crippen LogP contribution in [0.15, 0.2) is 72.0 Å². The second kappa shape index (κ2) is 13.9. The van der Waals surface area contributed by atoms with Gasteiger partial charge in [-0.05, 0) is 73.2 Å². The van der Waals surface area contributed by atoms with E-state index in [0.717, 1.165) is 38.9 Å². The van der Waals surface area contributed by atoms with Crippen LogP contribution in [0.2, 0.25) is 0 Å². The van der Waals surface area contributed by atoms with Gasteiger partial charge in [0.25, 0.3) is 0 Å². The van der Waals surface area contributed by atoms with Gasteiger partial charge in [-0.3, -0.25) is 18.9 Å². The standard InChI is InChI=1S/C35H41N7O5S/c1-6-27-21-41(48(44,45)32-9-8-14-37-35(32)47-27)20-25-15-24(11-10-22(25)3)30(17-33(43)38-26-16-28(46-5)19-36-18-26)29-12-13-31-34(23(29)4)39-40-42(31)7-2/h8-16,18-19,27,30,44-45H,6-7,17,20-21H2,1-5H3,(H,38,43). The van der Waals surface area contributed by atoms with E-state index in [2.05, 4.69) is 37.7 Å². The summed E-state index contributed by atoms with van der Waals surface area (Å²) in [6, 6.07) is 15.3. The van der Waals surface area contributed by atoms with Crippen molar-refractivity contribution in [2.75, 3.05) is 19.0 Å². The van der Waals surface area contributed by atoms with Crippen LogP contribution in [0.1, 0.15) is 60.4 Å². The quantitative estimate of drug-likeness (QED) is 0.146. The molecule has 0 radical (unpaired) electrons. The molecule has 3 N–H and O–H groups in total. The number of carbonyl (C=O) groups excluding carboxylic acids is 1. The van der Waals surface area contributed by atoms with E-state index in [-0.39, 0.29) is 41.7 Å². The number of anilines is 1. The molecule has 1 aliphatic rings. The Balaban J connectivity index is 1.38. The van der Waals surface area contributed by atoms with Crippen molar-refractivity contribution in [3.8, 4) is 11.6 Å². The summed E-state index contributed by atoms with van der Waals surface area (Å²) in [5.41, 5.74) is 6.98. The van der Waals surface area contributed by atoms with Gasteiger partial charge >= 0.3 is 0 Å². The van der Waals surface area contributed by atoms with Crippen molar-refractivity contribution in [3.05, 3.63) is 94.9 Å². The first kappa shape index (κ1) is 33.3. The first-order chi connectivity index (χ1) is 23.1. The van der Waals surface area contributed by atoms with Crippen molar-refractivity contribution in [2.24, 2.45) is 0 Å². The Labute approximate surface area is 281 Å². The summed E-state index contributed by atoms with van der Waals surface area (Å²) in [6.45, 7) is 9.30. The molecule has 48 heavy (non-hydrogen) atoms. The average molecular weight is 672 g/mol. The predicted molar refractivity (Wildman–Crippen MR) is 185 cm³/mol. The monoisotopic (exact) mass is 671 g/mol. The third kappa shape index (κ3) is 6.59. The van der Waals surface area contributed by atoms with Gasteiger partial charge in [-0.25, -0.2) is 9.67 Å². The second-order valence-corrected chi connectivity index (χ2v) is 13.9. The number of aryl methyl sites for hydroxylation is 3. The number of nitrogens with zero attached hydrogens (tertiary/aromatic N) is 6. The number of carbonyl (C=O) groups is 1. The Morgan fingerprint density at radius 3 is 2.75 bits per heavy atom. The van der Waals surface area contributed by atoms with Crippen molar-refractivity contribution in [1.82, 2.24) is 29.3 Å². The number of benzene rings is 2. The number of ether oxygens (including phenoxy) is 2. The number of pyridine rings is 2. The zero-order valence-corrected chi connectivity index (χ0v) is 28.6. The summed E-state index contributed by atoms with van der Waals surface area (Å²) in [7, 11) is -1.85. The molecule has 0 bridgehead atoms. The normalized spacial score (nSPS) is 17.2. The maximum Gasteiger partial charge on any atom is 0.239 e. The van der Waals surface area contributed by atoms with Gasteiger partial charge in [0.2, 0.25) is 11.8 Å². The number of aromatic nitrogens is 5. The zero-order valence-electron chi connectivity index (χ0n) is 27.8. The predicted octanol–water partition coefficient (Wildman–Crippen LogP) is 6.73. The van der Waals surface area contributed by atoms with Gasteiger partial charge in [-0.15, -0.1) is 15.9 Å². The molecule has 0 fully saturated rings. The lowest BCUT2D eigenvalue weighted by Gasteiger charge is -2.41. The molecule has 2 aromatic carbocycles. The third-order valence-electron chi connectivity index (χ3n) is 8.93. The summed E-state index contributed by atoms with van der Waals surface area (Å²) in [6.07, 6.45) is 5.29. The van der Waals surface area contributed by atoms with Gasteiger partial charge in [0, 0.05) is 37.7 Å². The van der Waals surface area contributed by atoms with Crippen LogP contribution < -0.4 is 14.8 Å². The molecule has 1 amide bonds. The van der Waals surface area contributed by atoms with Crippen LogP contribution in [0, 0.1) is 13.8 Å². The Hall–Kier alpha value is -4.56. The average Bonchev–Trinajstić information content (AvgIpc) is 3.48. The fraction of sp³-hybridized carbons (Fsp3) is 0.343. The Morgan fingerprint density at radius 2 is 1.98 bits per heavy atom. The van der Waals surface area contributed by atoms with E-state index in [1.54, 1.807) is 48.2 Å². The summed E-state index contributed by atoms with van der Waals surface area (Å²) in [5.74, 6) is 0.254. The van der Waals surface area contributed by atoms with E-state index < -0.39 is 10.8 Å². The van der Waals surface area contributed by atoms with Gasteiger partial charge in [0.05, 0.1) is 37.3 Å².